The minimum absolute atomic E-state index is 0.565. The Kier molecular flexibility index (Phi) is 2.51. The fraction of sp³-hybridized carbons (Fsp3) is 0.222. The van der Waals surface area contributed by atoms with Crippen LogP contribution in [0, 0.1) is 0 Å². The molecule has 2 rings (SSSR count). The Morgan fingerprint density at radius 1 is 1.43 bits per heavy atom. The molecule has 0 spiro atoms. The van der Waals surface area contributed by atoms with Crippen LogP contribution in [0.25, 0.3) is 11.3 Å². The number of aromatic nitrogens is 4. The minimum Gasteiger partial charge on any atom is -0.329 e. The summed E-state index contributed by atoms with van der Waals surface area (Å²) in [6.07, 6.45) is 5.36. The third kappa shape index (κ3) is 1.77. The Hall–Kier alpha value is -1.75. The number of nitrogens with zero attached hydrogens (tertiary/aromatic N) is 4. The first-order valence-corrected chi connectivity index (χ1v) is 4.41. The molecule has 0 aliphatic rings. The quantitative estimate of drug-likeness (QED) is 0.753. The Labute approximate surface area is 81.6 Å². The van der Waals surface area contributed by atoms with Gasteiger partial charge in [-0.15, -0.1) is 5.10 Å². The van der Waals surface area contributed by atoms with E-state index in [1.54, 1.807) is 17.1 Å². The average Bonchev–Trinajstić information content (AvgIpc) is 2.68. The molecule has 0 saturated heterocycles. The van der Waals surface area contributed by atoms with Gasteiger partial charge in [0.2, 0.25) is 0 Å². The second kappa shape index (κ2) is 3.97. The highest BCUT2D eigenvalue weighted by atomic mass is 15.4. The lowest BCUT2D eigenvalue weighted by molar-refractivity contribution is 0.598. The lowest BCUT2D eigenvalue weighted by Crippen LogP contribution is -2.10. The molecule has 2 heterocycles. The maximum Gasteiger partial charge on any atom is 0.114 e. The van der Waals surface area contributed by atoms with Crippen LogP contribution in [0.5, 0.6) is 0 Å². The highest BCUT2D eigenvalue weighted by Crippen LogP contribution is 2.12. The van der Waals surface area contributed by atoms with Gasteiger partial charge >= 0.3 is 0 Å². The lowest BCUT2D eigenvalue weighted by atomic mass is 10.2. The molecule has 0 atom stereocenters. The van der Waals surface area contributed by atoms with Crippen LogP contribution < -0.4 is 5.73 Å². The number of hydrogen-bond acceptors (Lipinski definition) is 4. The molecule has 0 aromatic carbocycles. The van der Waals surface area contributed by atoms with E-state index in [2.05, 4.69) is 15.3 Å². The molecular formula is C9H11N5. The largest absolute Gasteiger partial charge is 0.329 e. The van der Waals surface area contributed by atoms with Crippen LogP contribution in [0.15, 0.2) is 30.7 Å². The van der Waals surface area contributed by atoms with Crippen molar-refractivity contribution in [2.75, 3.05) is 6.54 Å². The molecule has 0 fully saturated rings. The molecule has 0 amide bonds. The molecule has 0 saturated carbocycles. The van der Waals surface area contributed by atoms with E-state index in [9.17, 15) is 0 Å². The van der Waals surface area contributed by atoms with Gasteiger partial charge in [0.05, 0.1) is 12.7 Å². The van der Waals surface area contributed by atoms with E-state index in [0.29, 0.717) is 13.1 Å². The number of nitrogens with two attached hydrogens (primary N) is 1. The van der Waals surface area contributed by atoms with Crippen molar-refractivity contribution in [1.82, 2.24) is 20.0 Å². The minimum atomic E-state index is 0.565. The molecule has 0 radical (unpaired) electrons. The van der Waals surface area contributed by atoms with Gasteiger partial charge in [-0.25, -0.2) is 0 Å². The van der Waals surface area contributed by atoms with Crippen molar-refractivity contribution in [3.8, 4) is 11.3 Å². The molecule has 14 heavy (non-hydrogen) atoms. The Morgan fingerprint density at radius 3 is 3.07 bits per heavy atom. The fourth-order valence-corrected chi connectivity index (χ4v) is 1.19. The SMILES string of the molecule is NCCn1cc(-c2cccnc2)nn1. The number of rotatable bonds is 3. The van der Waals surface area contributed by atoms with Crippen molar-refractivity contribution in [2.24, 2.45) is 5.73 Å². The summed E-state index contributed by atoms with van der Waals surface area (Å²) in [7, 11) is 0. The molecule has 0 aliphatic heterocycles. The summed E-state index contributed by atoms with van der Waals surface area (Å²) in [6, 6.07) is 3.82. The zero-order valence-electron chi connectivity index (χ0n) is 7.67. The van der Waals surface area contributed by atoms with Crippen molar-refractivity contribution in [2.45, 2.75) is 6.54 Å². The Balaban J connectivity index is 2.25. The summed E-state index contributed by atoms with van der Waals surface area (Å²) in [5.74, 6) is 0. The molecule has 0 bridgehead atoms. The summed E-state index contributed by atoms with van der Waals surface area (Å²) in [6.45, 7) is 1.25. The van der Waals surface area contributed by atoms with Gasteiger partial charge in [0, 0.05) is 24.5 Å². The van der Waals surface area contributed by atoms with Crippen molar-refractivity contribution in [3.63, 3.8) is 0 Å². The maximum atomic E-state index is 5.41. The Bertz CT molecular complexity index is 395. The third-order valence-electron chi connectivity index (χ3n) is 1.85. The zero-order chi connectivity index (χ0) is 9.80. The van der Waals surface area contributed by atoms with E-state index in [1.165, 1.54) is 0 Å². The van der Waals surface area contributed by atoms with Gasteiger partial charge < -0.3 is 5.73 Å². The number of hydrogen-bond donors (Lipinski definition) is 1. The van der Waals surface area contributed by atoms with Crippen molar-refractivity contribution in [1.29, 1.82) is 0 Å². The van der Waals surface area contributed by atoms with Crippen LogP contribution in [-0.4, -0.2) is 26.5 Å². The van der Waals surface area contributed by atoms with Gasteiger partial charge in [0.25, 0.3) is 0 Å². The monoisotopic (exact) mass is 189 g/mol. The van der Waals surface area contributed by atoms with Gasteiger partial charge in [0.15, 0.2) is 0 Å². The van der Waals surface area contributed by atoms with Crippen molar-refractivity contribution >= 4 is 0 Å². The summed E-state index contributed by atoms with van der Waals surface area (Å²) in [5, 5.41) is 7.96. The first-order valence-electron chi connectivity index (χ1n) is 4.41. The van der Waals surface area contributed by atoms with Gasteiger partial charge in [-0.1, -0.05) is 5.21 Å². The average molecular weight is 189 g/mol. The topological polar surface area (TPSA) is 69.6 Å². The zero-order valence-corrected chi connectivity index (χ0v) is 7.67. The van der Waals surface area contributed by atoms with Crippen LogP contribution in [0.3, 0.4) is 0 Å². The molecule has 72 valence electrons. The van der Waals surface area contributed by atoms with E-state index in [4.69, 9.17) is 5.73 Å². The van der Waals surface area contributed by atoms with E-state index < -0.39 is 0 Å². The molecule has 5 heteroatoms. The first kappa shape index (κ1) is 8.83. The summed E-state index contributed by atoms with van der Waals surface area (Å²) < 4.78 is 1.72. The van der Waals surface area contributed by atoms with Crippen molar-refractivity contribution < 1.29 is 0 Å². The molecule has 5 nitrogen and oxygen atoms in total. The summed E-state index contributed by atoms with van der Waals surface area (Å²) >= 11 is 0. The van der Waals surface area contributed by atoms with Crippen LogP contribution in [-0.2, 0) is 6.54 Å². The summed E-state index contributed by atoms with van der Waals surface area (Å²) in [4.78, 5) is 4.01. The van der Waals surface area contributed by atoms with Gasteiger partial charge in [-0.3, -0.25) is 9.67 Å². The smallest absolute Gasteiger partial charge is 0.114 e. The second-order valence-corrected chi connectivity index (χ2v) is 2.90. The normalized spacial score (nSPS) is 10.4. The third-order valence-corrected chi connectivity index (χ3v) is 1.85. The van der Waals surface area contributed by atoms with Gasteiger partial charge in [-0.05, 0) is 12.1 Å². The molecule has 0 unspecified atom stereocenters. The number of pyridine rings is 1. The molecule has 2 aromatic heterocycles. The Morgan fingerprint density at radius 2 is 2.36 bits per heavy atom. The van der Waals surface area contributed by atoms with Crippen LogP contribution in [0.1, 0.15) is 0 Å². The molecule has 2 N–H and O–H groups in total. The second-order valence-electron chi connectivity index (χ2n) is 2.90. The van der Waals surface area contributed by atoms with E-state index in [0.717, 1.165) is 11.3 Å². The standard InChI is InChI=1S/C9H11N5/c10-3-5-14-7-9(12-13-14)8-2-1-4-11-6-8/h1-2,4,6-7H,3,5,10H2. The van der Waals surface area contributed by atoms with E-state index >= 15 is 0 Å². The van der Waals surface area contributed by atoms with Crippen LogP contribution in [0.4, 0.5) is 0 Å². The molecule has 0 aliphatic carbocycles. The first-order chi connectivity index (χ1) is 6.90. The maximum absolute atomic E-state index is 5.41. The predicted octanol–water partition coefficient (Wildman–Crippen LogP) is 0.299. The molecule has 2 aromatic rings. The van der Waals surface area contributed by atoms with Crippen LogP contribution in [0.2, 0.25) is 0 Å². The van der Waals surface area contributed by atoms with Gasteiger partial charge in [-0.2, -0.15) is 0 Å². The fourth-order valence-electron chi connectivity index (χ4n) is 1.19. The highest BCUT2D eigenvalue weighted by Gasteiger charge is 2.02. The van der Waals surface area contributed by atoms with E-state index in [1.807, 2.05) is 18.3 Å². The summed E-state index contributed by atoms with van der Waals surface area (Å²) in [5.41, 5.74) is 7.20. The highest BCUT2D eigenvalue weighted by molar-refractivity contribution is 5.55. The van der Waals surface area contributed by atoms with Gasteiger partial charge in [0.1, 0.15) is 5.69 Å². The molecular weight excluding hydrogens is 178 g/mol. The van der Waals surface area contributed by atoms with Crippen LogP contribution >= 0.6 is 0 Å². The van der Waals surface area contributed by atoms with Crippen molar-refractivity contribution in [3.05, 3.63) is 30.7 Å². The van der Waals surface area contributed by atoms with E-state index in [-0.39, 0.29) is 0 Å². The predicted molar refractivity (Wildman–Crippen MR) is 52.3 cm³/mol. The lowest BCUT2D eigenvalue weighted by Gasteiger charge is -1.93.